The van der Waals surface area contributed by atoms with E-state index in [4.69, 9.17) is 9.68 Å². The van der Waals surface area contributed by atoms with E-state index >= 15 is 0 Å². The van der Waals surface area contributed by atoms with E-state index in [1.54, 1.807) is 12.1 Å². The van der Waals surface area contributed by atoms with E-state index < -0.39 is 11.2 Å². The van der Waals surface area contributed by atoms with Crippen LogP contribution in [0.3, 0.4) is 0 Å². The minimum atomic E-state index is -0.456. The predicted octanol–water partition coefficient (Wildman–Crippen LogP) is 2.11. The monoisotopic (exact) mass is 245 g/mol. The summed E-state index contributed by atoms with van der Waals surface area (Å²) in [6.07, 6.45) is 0. The van der Waals surface area contributed by atoms with Crippen molar-refractivity contribution >= 4 is 16.8 Å². The van der Waals surface area contributed by atoms with Crippen LogP contribution in [-0.2, 0) is 0 Å². The van der Waals surface area contributed by atoms with Crippen LogP contribution in [0.1, 0.15) is 13.8 Å². The molecule has 0 aliphatic carbocycles. The largest absolute Gasteiger partial charge is 0.417 e. The molecule has 1 heterocycles. The summed E-state index contributed by atoms with van der Waals surface area (Å²) in [6.45, 7) is 4.38. The van der Waals surface area contributed by atoms with Crippen molar-refractivity contribution in [3.05, 3.63) is 28.7 Å². The standard InChI is InChI=1S/C13H15N3O2/c1-13(2,7-14)8-16(3)9-4-5-10-11(6-9)18-12(17)15-10/h4-6H,8H2,1-3H3,(H,15,17). The molecule has 0 aliphatic rings. The van der Waals surface area contributed by atoms with Crippen molar-refractivity contribution in [2.75, 3.05) is 18.5 Å². The van der Waals surface area contributed by atoms with Crippen LogP contribution < -0.4 is 10.7 Å². The summed E-state index contributed by atoms with van der Waals surface area (Å²) in [4.78, 5) is 15.6. The molecule has 94 valence electrons. The zero-order valence-corrected chi connectivity index (χ0v) is 10.7. The highest BCUT2D eigenvalue weighted by molar-refractivity contribution is 5.77. The molecule has 1 N–H and O–H groups in total. The second-order valence-corrected chi connectivity index (χ2v) is 5.05. The summed E-state index contributed by atoms with van der Waals surface area (Å²) in [5.41, 5.74) is 1.69. The molecule has 1 aromatic carbocycles. The SMILES string of the molecule is CN(CC(C)(C)C#N)c1ccc2[nH]c(=O)oc2c1. The number of hydrogen-bond acceptors (Lipinski definition) is 4. The Morgan fingerprint density at radius 3 is 2.89 bits per heavy atom. The molecular formula is C13H15N3O2. The molecule has 5 heteroatoms. The molecule has 0 radical (unpaired) electrons. The fourth-order valence-electron chi connectivity index (χ4n) is 1.89. The lowest BCUT2D eigenvalue weighted by molar-refractivity contribution is 0.497. The summed E-state index contributed by atoms with van der Waals surface area (Å²) in [7, 11) is 1.91. The zero-order valence-electron chi connectivity index (χ0n) is 10.7. The van der Waals surface area contributed by atoms with E-state index in [1.165, 1.54) is 0 Å². The van der Waals surface area contributed by atoms with Gasteiger partial charge in [-0.25, -0.2) is 4.79 Å². The summed E-state index contributed by atoms with van der Waals surface area (Å²) in [5.74, 6) is -0.456. The first-order valence-electron chi connectivity index (χ1n) is 5.66. The number of fused-ring (bicyclic) bond motifs is 1. The van der Waals surface area contributed by atoms with Crippen molar-refractivity contribution in [3.63, 3.8) is 0 Å². The first kappa shape index (κ1) is 12.2. The van der Waals surface area contributed by atoms with E-state index in [2.05, 4.69) is 11.1 Å². The molecule has 2 rings (SSSR count). The average molecular weight is 245 g/mol. The number of H-pyrrole nitrogens is 1. The molecule has 0 unspecified atom stereocenters. The van der Waals surface area contributed by atoms with Gasteiger partial charge in [0.2, 0.25) is 0 Å². The van der Waals surface area contributed by atoms with Crippen LogP contribution in [0, 0.1) is 16.7 Å². The Kier molecular flexibility index (Phi) is 2.87. The summed E-state index contributed by atoms with van der Waals surface area (Å²) in [5, 5.41) is 9.02. The van der Waals surface area contributed by atoms with E-state index in [0.717, 1.165) is 5.69 Å². The molecule has 0 aliphatic heterocycles. The summed E-state index contributed by atoms with van der Waals surface area (Å²) in [6, 6.07) is 7.74. The van der Waals surface area contributed by atoms with Gasteiger partial charge < -0.3 is 9.32 Å². The molecule has 2 aromatic rings. The molecule has 0 saturated heterocycles. The number of aromatic nitrogens is 1. The third-order valence-electron chi connectivity index (χ3n) is 2.78. The van der Waals surface area contributed by atoms with Gasteiger partial charge in [0.05, 0.1) is 17.0 Å². The van der Waals surface area contributed by atoms with Crippen molar-refractivity contribution in [1.29, 1.82) is 5.26 Å². The number of aromatic amines is 1. The van der Waals surface area contributed by atoms with Gasteiger partial charge in [-0.1, -0.05) is 0 Å². The summed E-state index contributed by atoms with van der Waals surface area (Å²) >= 11 is 0. The highest BCUT2D eigenvalue weighted by Gasteiger charge is 2.19. The van der Waals surface area contributed by atoms with E-state index in [0.29, 0.717) is 17.6 Å². The minimum Gasteiger partial charge on any atom is -0.408 e. The maximum Gasteiger partial charge on any atom is 0.417 e. The van der Waals surface area contributed by atoms with Gasteiger partial charge in [0, 0.05) is 25.3 Å². The molecule has 5 nitrogen and oxygen atoms in total. The van der Waals surface area contributed by atoms with Crippen LogP contribution in [0.15, 0.2) is 27.4 Å². The van der Waals surface area contributed by atoms with Crippen molar-refractivity contribution in [2.24, 2.45) is 5.41 Å². The lowest BCUT2D eigenvalue weighted by Gasteiger charge is -2.26. The van der Waals surface area contributed by atoms with Gasteiger partial charge in [0.1, 0.15) is 0 Å². The number of hydrogen-bond donors (Lipinski definition) is 1. The third-order valence-corrected chi connectivity index (χ3v) is 2.78. The number of nitriles is 1. The fraction of sp³-hybridized carbons (Fsp3) is 0.385. The van der Waals surface area contributed by atoms with Crippen molar-refractivity contribution in [1.82, 2.24) is 4.98 Å². The Morgan fingerprint density at radius 1 is 1.50 bits per heavy atom. The second-order valence-electron chi connectivity index (χ2n) is 5.05. The molecule has 0 fully saturated rings. The minimum absolute atomic E-state index is 0.428. The van der Waals surface area contributed by atoms with Gasteiger partial charge in [-0.05, 0) is 26.0 Å². The average Bonchev–Trinajstić information content (AvgIpc) is 2.67. The number of rotatable bonds is 3. The molecule has 18 heavy (non-hydrogen) atoms. The van der Waals surface area contributed by atoms with E-state index in [-0.39, 0.29) is 0 Å². The number of nitrogens with zero attached hydrogens (tertiary/aromatic N) is 2. The lowest BCUT2D eigenvalue weighted by atomic mass is 9.95. The number of anilines is 1. The van der Waals surface area contributed by atoms with Gasteiger partial charge in [-0.2, -0.15) is 5.26 Å². The Hall–Kier alpha value is -2.22. The van der Waals surface area contributed by atoms with Crippen LogP contribution in [0.2, 0.25) is 0 Å². The van der Waals surface area contributed by atoms with Gasteiger partial charge >= 0.3 is 5.76 Å². The van der Waals surface area contributed by atoms with Crippen LogP contribution in [0.4, 0.5) is 5.69 Å². The summed E-state index contributed by atoms with van der Waals surface area (Å²) < 4.78 is 5.01. The number of oxazole rings is 1. The van der Waals surface area contributed by atoms with Crippen LogP contribution in [-0.4, -0.2) is 18.6 Å². The van der Waals surface area contributed by atoms with E-state index in [9.17, 15) is 4.79 Å². The van der Waals surface area contributed by atoms with Gasteiger partial charge in [-0.3, -0.25) is 4.98 Å². The quantitative estimate of drug-likeness (QED) is 0.898. The Bertz CT molecular complexity index is 661. The first-order valence-corrected chi connectivity index (χ1v) is 5.66. The Labute approximate surface area is 105 Å². The second kappa shape index (κ2) is 4.22. The fourth-order valence-corrected chi connectivity index (χ4v) is 1.89. The predicted molar refractivity (Wildman–Crippen MR) is 69.5 cm³/mol. The van der Waals surface area contributed by atoms with Gasteiger partial charge in [-0.15, -0.1) is 0 Å². The van der Waals surface area contributed by atoms with Crippen LogP contribution in [0.5, 0.6) is 0 Å². The van der Waals surface area contributed by atoms with Crippen molar-refractivity contribution in [3.8, 4) is 6.07 Å². The first-order chi connectivity index (χ1) is 8.41. The normalized spacial score (nSPS) is 11.4. The number of benzene rings is 1. The molecule has 1 aromatic heterocycles. The van der Waals surface area contributed by atoms with Crippen molar-refractivity contribution < 1.29 is 4.42 Å². The molecule has 0 atom stereocenters. The number of nitrogens with one attached hydrogen (secondary N) is 1. The highest BCUT2D eigenvalue weighted by atomic mass is 16.4. The third kappa shape index (κ3) is 2.38. The Morgan fingerprint density at radius 2 is 2.22 bits per heavy atom. The molecular weight excluding hydrogens is 230 g/mol. The molecule has 0 amide bonds. The maximum absolute atomic E-state index is 11.1. The highest BCUT2D eigenvalue weighted by Crippen LogP contribution is 2.23. The molecule has 0 saturated carbocycles. The van der Waals surface area contributed by atoms with Crippen LogP contribution >= 0.6 is 0 Å². The van der Waals surface area contributed by atoms with Crippen LogP contribution in [0.25, 0.3) is 11.1 Å². The van der Waals surface area contributed by atoms with Gasteiger partial charge in [0.25, 0.3) is 0 Å². The topological polar surface area (TPSA) is 73.0 Å². The Balaban J connectivity index is 2.31. The van der Waals surface area contributed by atoms with Crippen molar-refractivity contribution in [2.45, 2.75) is 13.8 Å². The smallest absolute Gasteiger partial charge is 0.408 e. The molecule has 0 bridgehead atoms. The zero-order chi connectivity index (χ0) is 13.3. The maximum atomic E-state index is 11.1. The van der Waals surface area contributed by atoms with Gasteiger partial charge in [0.15, 0.2) is 5.58 Å². The molecule has 0 spiro atoms. The lowest BCUT2D eigenvalue weighted by Crippen LogP contribution is -2.30. The van der Waals surface area contributed by atoms with E-state index in [1.807, 2.05) is 31.9 Å².